The summed E-state index contributed by atoms with van der Waals surface area (Å²) < 4.78 is 0. The molecular weight excluding hydrogens is 262 g/mol. The summed E-state index contributed by atoms with van der Waals surface area (Å²) in [6.07, 6.45) is 7.35. The molecule has 5 nitrogen and oxygen atoms in total. The third kappa shape index (κ3) is 3.93. The molecule has 106 valence electrons. The number of halogens is 1. The predicted molar refractivity (Wildman–Crippen MR) is 78.9 cm³/mol. The van der Waals surface area contributed by atoms with Gasteiger partial charge in [0, 0.05) is 19.6 Å². The summed E-state index contributed by atoms with van der Waals surface area (Å²) in [7, 11) is 2.05. The van der Waals surface area contributed by atoms with E-state index in [1.54, 1.807) is 0 Å². The molecule has 1 saturated carbocycles. The molecule has 0 saturated heterocycles. The maximum atomic E-state index is 5.98. The first-order valence-electron chi connectivity index (χ1n) is 7.09. The highest BCUT2D eigenvalue weighted by molar-refractivity contribution is 6.28. The van der Waals surface area contributed by atoms with Gasteiger partial charge in [0.2, 0.25) is 17.2 Å². The molecule has 19 heavy (non-hydrogen) atoms. The fraction of sp³-hybridized carbons (Fsp3) is 0.769. The Balaban J connectivity index is 2.11. The molecule has 0 aromatic carbocycles. The van der Waals surface area contributed by atoms with Crippen molar-refractivity contribution in [3.05, 3.63) is 5.28 Å². The smallest absolute Gasteiger partial charge is 0.231 e. The molecule has 1 aliphatic rings. The lowest BCUT2D eigenvalue weighted by Crippen LogP contribution is -2.34. The molecule has 1 aromatic heterocycles. The second-order valence-corrected chi connectivity index (χ2v) is 5.40. The van der Waals surface area contributed by atoms with E-state index in [0.717, 1.165) is 13.0 Å². The molecule has 2 rings (SSSR count). The summed E-state index contributed by atoms with van der Waals surface area (Å²) in [6.45, 7) is 2.94. The van der Waals surface area contributed by atoms with Gasteiger partial charge in [0.05, 0.1) is 0 Å². The normalized spacial score (nSPS) is 16.4. The van der Waals surface area contributed by atoms with E-state index < -0.39 is 0 Å². The van der Waals surface area contributed by atoms with Gasteiger partial charge < -0.3 is 10.2 Å². The maximum absolute atomic E-state index is 5.98. The molecule has 1 N–H and O–H groups in total. The van der Waals surface area contributed by atoms with E-state index in [9.17, 15) is 0 Å². The van der Waals surface area contributed by atoms with Crippen LogP contribution in [0.25, 0.3) is 0 Å². The molecule has 1 heterocycles. The number of hydrogen-bond donors (Lipinski definition) is 1. The van der Waals surface area contributed by atoms with Gasteiger partial charge in [-0.3, -0.25) is 0 Å². The molecule has 0 radical (unpaired) electrons. The van der Waals surface area contributed by atoms with Gasteiger partial charge in [-0.2, -0.15) is 15.0 Å². The van der Waals surface area contributed by atoms with Crippen molar-refractivity contribution in [2.75, 3.05) is 23.8 Å². The molecular formula is C13H22ClN5. The van der Waals surface area contributed by atoms with Crippen LogP contribution in [0.2, 0.25) is 5.28 Å². The summed E-state index contributed by atoms with van der Waals surface area (Å²) in [4.78, 5) is 14.9. The van der Waals surface area contributed by atoms with Gasteiger partial charge in [-0.05, 0) is 30.9 Å². The summed E-state index contributed by atoms with van der Waals surface area (Å²) >= 11 is 5.98. The van der Waals surface area contributed by atoms with Crippen LogP contribution in [0.1, 0.15) is 45.4 Å². The van der Waals surface area contributed by atoms with Crippen molar-refractivity contribution in [2.24, 2.45) is 0 Å². The topological polar surface area (TPSA) is 53.9 Å². The highest BCUT2D eigenvalue weighted by Gasteiger charge is 2.21. The molecule has 0 spiro atoms. The summed E-state index contributed by atoms with van der Waals surface area (Å²) in [5.41, 5.74) is 0. The zero-order chi connectivity index (χ0) is 13.7. The van der Waals surface area contributed by atoms with E-state index in [-0.39, 0.29) is 5.28 Å². The van der Waals surface area contributed by atoms with Crippen LogP contribution < -0.4 is 10.2 Å². The molecule has 1 aromatic rings. The van der Waals surface area contributed by atoms with Gasteiger partial charge >= 0.3 is 0 Å². The van der Waals surface area contributed by atoms with Gasteiger partial charge in [-0.1, -0.05) is 26.2 Å². The number of aromatic nitrogens is 3. The van der Waals surface area contributed by atoms with E-state index in [1.165, 1.54) is 32.1 Å². The molecule has 0 unspecified atom stereocenters. The fourth-order valence-electron chi connectivity index (χ4n) is 2.44. The van der Waals surface area contributed by atoms with Crippen molar-refractivity contribution in [1.82, 2.24) is 15.0 Å². The molecule has 0 atom stereocenters. The van der Waals surface area contributed by atoms with Crippen molar-refractivity contribution >= 4 is 23.5 Å². The standard InChI is InChI=1S/C13H22ClN5/c1-3-9-15-12-16-11(14)17-13(18-12)19(2)10-7-5-4-6-8-10/h10H,3-9H2,1-2H3,(H,15,16,17,18). The summed E-state index contributed by atoms with van der Waals surface area (Å²) in [6, 6.07) is 0.520. The lowest BCUT2D eigenvalue weighted by Gasteiger charge is -2.31. The first-order valence-corrected chi connectivity index (χ1v) is 7.46. The Morgan fingerprint density at radius 1 is 1.21 bits per heavy atom. The Morgan fingerprint density at radius 2 is 1.95 bits per heavy atom. The van der Waals surface area contributed by atoms with Crippen LogP contribution in [0.5, 0.6) is 0 Å². The average molecular weight is 284 g/mol. The summed E-state index contributed by atoms with van der Waals surface area (Å²) in [5, 5.41) is 3.42. The first kappa shape index (κ1) is 14.3. The molecule has 0 bridgehead atoms. The minimum atomic E-state index is 0.256. The van der Waals surface area contributed by atoms with Crippen LogP contribution in [-0.4, -0.2) is 34.6 Å². The second-order valence-electron chi connectivity index (χ2n) is 5.06. The van der Waals surface area contributed by atoms with Crippen molar-refractivity contribution in [1.29, 1.82) is 0 Å². The van der Waals surface area contributed by atoms with Crippen molar-refractivity contribution < 1.29 is 0 Å². The zero-order valence-corrected chi connectivity index (χ0v) is 12.4. The van der Waals surface area contributed by atoms with Gasteiger partial charge in [-0.25, -0.2) is 0 Å². The van der Waals surface area contributed by atoms with Gasteiger partial charge in [-0.15, -0.1) is 0 Å². The largest absolute Gasteiger partial charge is 0.354 e. The SMILES string of the molecule is CCCNc1nc(Cl)nc(N(C)C2CCCCC2)n1. The van der Waals surface area contributed by atoms with Crippen LogP contribution in [0.3, 0.4) is 0 Å². The summed E-state index contributed by atoms with van der Waals surface area (Å²) in [5.74, 6) is 1.24. The van der Waals surface area contributed by atoms with Crippen LogP contribution >= 0.6 is 11.6 Å². The monoisotopic (exact) mass is 283 g/mol. The Morgan fingerprint density at radius 3 is 2.63 bits per heavy atom. The van der Waals surface area contributed by atoms with Crippen molar-refractivity contribution in [3.63, 3.8) is 0 Å². The van der Waals surface area contributed by atoms with Gasteiger partial charge in [0.15, 0.2) is 0 Å². The predicted octanol–water partition coefficient (Wildman–Crippen LogP) is 3.12. The van der Waals surface area contributed by atoms with E-state index in [4.69, 9.17) is 11.6 Å². The highest BCUT2D eigenvalue weighted by Crippen LogP contribution is 2.25. The van der Waals surface area contributed by atoms with Crippen molar-refractivity contribution in [2.45, 2.75) is 51.5 Å². The minimum Gasteiger partial charge on any atom is -0.354 e. The first-order chi connectivity index (χ1) is 9.20. The van der Waals surface area contributed by atoms with Crippen LogP contribution in [0, 0.1) is 0 Å². The third-order valence-corrected chi connectivity index (χ3v) is 3.74. The van der Waals surface area contributed by atoms with E-state index in [0.29, 0.717) is 17.9 Å². The lowest BCUT2D eigenvalue weighted by molar-refractivity contribution is 0.424. The zero-order valence-electron chi connectivity index (χ0n) is 11.7. The van der Waals surface area contributed by atoms with E-state index >= 15 is 0 Å². The van der Waals surface area contributed by atoms with Crippen molar-refractivity contribution in [3.8, 4) is 0 Å². The minimum absolute atomic E-state index is 0.256. The number of hydrogen-bond acceptors (Lipinski definition) is 5. The molecule has 0 aliphatic heterocycles. The third-order valence-electron chi connectivity index (χ3n) is 3.57. The van der Waals surface area contributed by atoms with Gasteiger partial charge in [0.1, 0.15) is 0 Å². The Kier molecular flexibility index (Phi) is 5.19. The second kappa shape index (κ2) is 6.89. The van der Waals surface area contributed by atoms with E-state index in [1.807, 2.05) is 7.05 Å². The number of nitrogens with one attached hydrogen (secondary N) is 1. The highest BCUT2D eigenvalue weighted by atomic mass is 35.5. The molecule has 0 amide bonds. The number of anilines is 2. The van der Waals surface area contributed by atoms with Crippen LogP contribution in [-0.2, 0) is 0 Å². The van der Waals surface area contributed by atoms with E-state index in [2.05, 4.69) is 32.1 Å². The number of rotatable bonds is 5. The van der Waals surface area contributed by atoms with Crippen LogP contribution in [0.4, 0.5) is 11.9 Å². The van der Waals surface area contributed by atoms with Crippen LogP contribution in [0.15, 0.2) is 0 Å². The average Bonchev–Trinajstić information content (AvgIpc) is 2.44. The quantitative estimate of drug-likeness (QED) is 0.900. The fourth-order valence-corrected chi connectivity index (χ4v) is 2.60. The molecule has 1 fully saturated rings. The molecule has 1 aliphatic carbocycles. The number of nitrogens with zero attached hydrogens (tertiary/aromatic N) is 4. The Bertz CT molecular complexity index is 406. The Labute approximate surface area is 119 Å². The lowest BCUT2D eigenvalue weighted by atomic mass is 9.95. The van der Waals surface area contributed by atoms with Gasteiger partial charge in [0.25, 0.3) is 0 Å². The maximum Gasteiger partial charge on any atom is 0.231 e. The Hall–Kier alpha value is -1.10. The molecule has 6 heteroatoms.